The number of hydrogen-bond acceptors (Lipinski definition) is 16. The van der Waals surface area contributed by atoms with Crippen molar-refractivity contribution in [3.8, 4) is 0 Å². The average molecular weight is 817 g/mol. The van der Waals surface area contributed by atoms with Gasteiger partial charge in [0.2, 0.25) is 5.91 Å². The molecule has 320 valence electrons. The van der Waals surface area contributed by atoms with Crippen molar-refractivity contribution in [2.24, 2.45) is 17.3 Å². The Balaban J connectivity index is 0.986. The first kappa shape index (κ1) is 41.7. The Morgan fingerprint density at radius 3 is 2.33 bits per heavy atom. The number of carbonyl (C=O) groups is 3. The number of aliphatic hydroxyl groups excluding tert-OH is 5. The minimum atomic E-state index is -1.54. The van der Waals surface area contributed by atoms with Gasteiger partial charge >= 0.3 is 11.9 Å². The van der Waals surface area contributed by atoms with Crippen molar-refractivity contribution in [1.29, 1.82) is 0 Å². The average Bonchev–Trinajstić information content (AvgIpc) is 4.14. The SMILES string of the molecule is CC(C)(C)OC(=O)CCC(CO)NC(=O)C12CC3OC(=O)C1N(Cc1ccc(C=CCOC4OC(CO)C(O)C(O)C4O)cc1)OC2C1OC(C2CC2)(C2CC2)OC31. The summed E-state index contributed by atoms with van der Waals surface area (Å²) in [5.74, 6) is -1.92. The van der Waals surface area contributed by atoms with E-state index in [1.807, 2.05) is 24.3 Å². The summed E-state index contributed by atoms with van der Waals surface area (Å²) in [6.07, 6.45) is -2.24. The zero-order valence-electron chi connectivity index (χ0n) is 33.0. The van der Waals surface area contributed by atoms with Crippen LogP contribution in [0.2, 0.25) is 0 Å². The molecular formula is C41H56N2O15. The Kier molecular flexibility index (Phi) is 11.5. The number of nitrogens with one attached hydrogen (secondary N) is 1. The molecule has 17 nitrogen and oxygen atoms in total. The van der Waals surface area contributed by atoms with Crippen LogP contribution >= 0.6 is 0 Å². The second kappa shape index (κ2) is 16.1. The van der Waals surface area contributed by atoms with Gasteiger partial charge in [-0.25, -0.2) is 0 Å². The Morgan fingerprint density at radius 1 is 1.00 bits per heavy atom. The first-order valence-electron chi connectivity index (χ1n) is 20.5. The summed E-state index contributed by atoms with van der Waals surface area (Å²) in [6.45, 7) is 4.43. The van der Waals surface area contributed by atoms with Gasteiger partial charge in [0, 0.05) is 24.7 Å². The summed E-state index contributed by atoms with van der Waals surface area (Å²) in [6, 6.07) is 5.47. The number of hydrogen-bond donors (Lipinski definition) is 6. The van der Waals surface area contributed by atoms with Gasteiger partial charge in [-0.3, -0.25) is 19.2 Å². The van der Waals surface area contributed by atoms with Crippen LogP contribution in [0.3, 0.4) is 0 Å². The fraction of sp³-hybridized carbons (Fsp3) is 0.732. The van der Waals surface area contributed by atoms with Gasteiger partial charge in [0.25, 0.3) is 0 Å². The van der Waals surface area contributed by atoms with Gasteiger partial charge in [-0.05, 0) is 64.0 Å². The third-order valence-corrected chi connectivity index (χ3v) is 12.4. The molecule has 8 rings (SSSR count). The molecule has 4 aliphatic heterocycles. The van der Waals surface area contributed by atoms with Crippen LogP contribution in [0.25, 0.3) is 6.08 Å². The van der Waals surface area contributed by atoms with Gasteiger partial charge in [-0.1, -0.05) is 36.4 Å². The molecule has 17 heteroatoms. The Labute approximate surface area is 336 Å². The molecule has 4 heterocycles. The quantitative estimate of drug-likeness (QED) is 0.130. The molecule has 7 fully saturated rings. The molecule has 0 radical (unpaired) electrons. The molecule has 2 bridgehead atoms. The fourth-order valence-electron chi connectivity index (χ4n) is 9.33. The molecule has 12 unspecified atom stereocenters. The van der Waals surface area contributed by atoms with Crippen molar-refractivity contribution >= 4 is 23.9 Å². The number of esters is 2. The number of carbonyl (C=O) groups excluding carboxylic acids is 3. The summed E-state index contributed by atoms with van der Waals surface area (Å²) in [7, 11) is 0. The van der Waals surface area contributed by atoms with E-state index in [-0.39, 0.29) is 44.2 Å². The Morgan fingerprint density at radius 2 is 1.69 bits per heavy atom. The van der Waals surface area contributed by atoms with Crippen LogP contribution in [-0.4, -0.2) is 147 Å². The van der Waals surface area contributed by atoms with E-state index in [9.17, 15) is 39.9 Å². The Bertz CT molecular complexity index is 1700. The van der Waals surface area contributed by atoms with Gasteiger partial charge in [-0.15, -0.1) is 0 Å². The van der Waals surface area contributed by atoms with E-state index in [2.05, 4.69) is 5.32 Å². The van der Waals surface area contributed by atoms with Crippen molar-refractivity contribution in [3.63, 3.8) is 0 Å². The predicted octanol–water partition coefficient (Wildman–Crippen LogP) is 0.216. The van der Waals surface area contributed by atoms with Crippen LogP contribution in [0.15, 0.2) is 30.3 Å². The van der Waals surface area contributed by atoms with Gasteiger partial charge in [0.1, 0.15) is 59.8 Å². The van der Waals surface area contributed by atoms with E-state index >= 15 is 0 Å². The molecule has 0 spiro atoms. The van der Waals surface area contributed by atoms with Crippen molar-refractivity contribution in [2.75, 3.05) is 19.8 Å². The maximum atomic E-state index is 14.7. The molecule has 3 aliphatic carbocycles. The highest BCUT2D eigenvalue weighted by Gasteiger charge is 2.78. The monoisotopic (exact) mass is 816 g/mol. The largest absolute Gasteiger partial charge is 0.460 e. The highest BCUT2D eigenvalue weighted by molar-refractivity contribution is 5.93. The van der Waals surface area contributed by atoms with Crippen LogP contribution in [0.5, 0.6) is 0 Å². The number of aliphatic hydroxyl groups is 5. The number of ether oxygens (including phenoxy) is 6. The summed E-state index contributed by atoms with van der Waals surface area (Å²) in [5.41, 5.74) is -0.563. The highest BCUT2D eigenvalue weighted by atomic mass is 16.8. The first-order chi connectivity index (χ1) is 27.7. The van der Waals surface area contributed by atoms with E-state index in [4.69, 9.17) is 33.3 Å². The molecule has 0 aromatic heterocycles. The summed E-state index contributed by atoms with van der Waals surface area (Å²) < 4.78 is 36.2. The Hall–Kier alpha value is -3.07. The van der Waals surface area contributed by atoms with Gasteiger partial charge in [0.15, 0.2) is 18.1 Å². The number of benzene rings is 1. The lowest BCUT2D eigenvalue weighted by Crippen LogP contribution is -2.70. The van der Waals surface area contributed by atoms with E-state index in [0.29, 0.717) is 0 Å². The van der Waals surface area contributed by atoms with E-state index in [0.717, 1.165) is 36.8 Å². The summed E-state index contributed by atoms with van der Waals surface area (Å²) in [4.78, 5) is 48.1. The molecule has 6 N–H and O–H groups in total. The zero-order chi connectivity index (χ0) is 41.1. The molecule has 12 atom stereocenters. The number of nitrogens with zero attached hydrogens (tertiary/aromatic N) is 1. The number of amides is 1. The third-order valence-electron chi connectivity index (χ3n) is 12.4. The lowest BCUT2D eigenvalue weighted by Gasteiger charge is -2.49. The van der Waals surface area contributed by atoms with Crippen molar-refractivity contribution in [2.45, 2.75) is 151 Å². The molecule has 1 aromatic carbocycles. The van der Waals surface area contributed by atoms with Crippen LogP contribution in [0.1, 0.15) is 76.8 Å². The second-order valence-electron chi connectivity index (χ2n) is 17.8. The predicted molar refractivity (Wildman–Crippen MR) is 198 cm³/mol. The minimum Gasteiger partial charge on any atom is -0.460 e. The topological polar surface area (TPSA) is 232 Å². The maximum Gasteiger partial charge on any atom is 0.327 e. The molecule has 1 amide bonds. The van der Waals surface area contributed by atoms with Crippen LogP contribution < -0.4 is 5.32 Å². The highest BCUT2D eigenvalue weighted by Crippen LogP contribution is 2.63. The standard InChI is InChI=1S/C41H56N2O15/c1-39(2,3)55-28(46)15-14-25(19-44)42-38(51)40-17-26-32-33(57-41(56-32,23-10-11-23)24-12-13-24)35(40)58-43(34(40)36(50)53-26)18-22-8-6-21(7-9-22)5-4-16-52-37-31(49)30(48)29(47)27(20-45)54-37/h4-9,23-27,29-35,37,44-45,47-49H,10-20H2,1-3H3,(H,42,51). The van der Waals surface area contributed by atoms with E-state index in [1.165, 1.54) is 5.06 Å². The second-order valence-corrected chi connectivity index (χ2v) is 17.8. The molecular weight excluding hydrogens is 760 g/mol. The van der Waals surface area contributed by atoms with Crippen molar-refractivity contribution < 1.29 is 73.2 Å². The molecule has 1 aromatic rings. The third kappa shape index (κ3) is 7.84. The lowest BCUT2D eigenvalue weighted by atomic mass is 9.62. The summed E-state index contributed by atoms with van der Waals surface area (Å²) in [5, 5.41) is 54.5. The van der Waals surface area contributed by atoms with Crippen LogP contribution in [-0.2, 0) is 54.2 Å². The number of fused-ring (bicyclic) bond motifs is 4. The molecule has 58 heavy (non-hydrogen) atoms. The van der Waals surface area contributed by atoms with Gasteiger partial charge < -0.3 is 59.3 Å². The molecule has 7 aliphatic rings. The minimum absolute atomic E-state index is 0.00273. The molecule has 3 saturated carbocycles. The summed E-state index contributed by atoms with van der Waals surface area (Å²) >= 11 is 0. The van der Waals surface area contributed by atoms with E-state index in [1.54, 1.807) is 32.9 Å². The maximum absolute atomic E-state index is 14.7. The van der Waals surface area contributed by atoms with Crippen molar-refractivity contribution in [3.05, 3.63) is 41.5 Å². The van der Waals surface area contributed by atoms with Gasteiger partial charge in [0.05, 0.1) is 32.4 Å². The normalized spacial score (nSPS) is 37.3. The number of rotatable bonds is 15. The fourth-order valence-corrected chi connectivity index (χ4v) is 9.33. The van der Waals surface area contributed by atoms with Crippen LogP contribution in [0, 0.1) is 17.3 Å². The van der Waals surface area contributed by atoms with E-state index < -0.39 is 115 Å². The first-order valence-corrected chi connectivity index (χ1v) is 20.5. The lowest BCUT2D eigenvalue weighted by molar-refractivity contribution is -0.298. The van der Waals surface area contributed by atoms with Crippen molar-refractivity contribution in [1.82, 2.24) is 10.4 Å². The van der Waals surface area contributed by atoms with Crippen LogP contribution in [0.4, 0.5) is 0 Å². The zero-order valence-corrected chi connectivity index (χ0v) is 33.0. The molecule has 4 saturated heterocycles. The number of hydroxylamine groups is 2. The smallest absolute Gasteiger partial charge is 0.327 e. The van der Waals surface area contributed by atoms with Gasteiger partial charge in [-0.2, -0.15) is 5.06 Å².